The molecule has 1 fully saturated rings. The van der Waals surface area contributed by atoms with Gasteiger partial charge in [0.05, 0.1) is 12.1 Å². The number of nitrogens with zero attached hydrogens (tertiary/aromatic N) is 3. The first kappa shape index (κ1) is 16.9. The van der Waals surface area contributed by atoms with Crippen molar-refractivity contribution in [1.82, 2.24) is 9.58 Å². The Morgan fingerprint density at radius 1 is 1.11 bits per heavy atom. The number of benzene rings is 1. The minimum atomic E-state index is -0.548. The molecule has 1 amide bonds. The number of fused-ring (bicyclic) bond motifs is 6. The summed E-state index contributed by atoms with van der Waals surface area (Å²) < 4.78 is 7.56. The van der Waals surface area contributed by atoms with E-state index in [4.69, 9.17) is 4.74 Å². The van der Waals surface area contributed by atoms with Gasteiger partial charge in [0.2, 0.25) is 5.43 Å². The zero-order valence-electron chi connectivity index (χ0n) is 15.4. The molecule has 1 spiro atoms. The molecule has 1 aromatic carbocycles. The van der Waals surface area contributed by atoms with Crippen LogP contribution in [0.25, 0.3) is 0 Å². The first-order valence-electron chi connectivity index (χ1n) is 9.49. The highest BCUT2D eigenvalue weighted by molar-refractivity contribution is 5.97. The van der Waals surface area contributed by atoms with Crippen molar-refractivity contribution in [2.75, 3.05) is 18.3 Å². The van der Waals surface area contributed by atoms with Gasteiger partial charge < -0.3 is 14.7 Å². The number of pyridine rings is 1. The summed E-state index contributed by atoms with van der Waals surface area (Å²) in [5, 5.41) is 12.4. The number of carbonyl (C=O) groups is 1. The summed E-state index contributed by atoms with van der Waals surface area (Å²) in [5.74, 6) is -0.0312. The van der Waals surface area contributed by atoms with E-state index in [0.717, 1.165) is 30.6 Å². The maximum Gasteiger partial charge on any atom is 0.278 e. The Morgan fingerprint density at radius 2 is 1.93 bits per heavy atom. The van der Waals surface area contributed by atoms with E-state index in [9.17, 15) is 14.7 Å². The van der Waals surface area contributed by atoms with Crippen LogP contribution in [0.15, 0.2) is 53.5 Å². The molecule has 0 atom stereocenters. The third-order valence-corrected chi connectivity index (χ3v) is 5.96. The van der Waals surface area contributed by atoms with Crippen LogP contribution in [0.2, 0.25) is 0 Å². The van der Waals surface area contributed by atoms with Crippen LogP contribution in [0.1, 0.15) is 35.3 Å². The fraction of sp³-hybridized carbons (Fsp3) is 0.333. The maximum atomic E-state index is 13.3. The molecule has 2 aromatic rings. The molecule has 7 nitrogen and oxygen atoms in total. The van der Waals surface area contributed by atoms with Crippen LogP contribution in [0.4, 0.5) is 0 Å². The van der Waals surface area contributed by atoms with E-state index in [-0.39, 0.29) is 11.6 Å². The maximum absolute atomic E-state index is 13.3. The molecule has 7 heteroatoms. The molecule has 28 heavy (non-hydrogen) atoms. The third-order valence-electron chi connectivity index (χ3n) is 5.96. The van der Waals surface area contributed by atoms with E-state index in [2.05, 4.69) is 0 Å². The summed E-state index contributed by atoms with van der Waals surface area (Å²) in [4.78, 5) is 27.1. The van der Waals surface area contributed by atoms with E-state index in [1.54, 1.807) is 15.8 Å². The standard InChI is InChI=1S/C21H21N3O4/c25-16-7-11-24-18(19(16)26)20(27)23-14-22(24)13-15-5-1-2-6-17(15)28-12-4-10-21(23)8-3-9-21/h1-2,4-7,10-11,26H,3,8-9,12-14H2/b10-4+. The molecule has 0 radical (unpaired) electrons. The fourth-order valence-electron chi connectivity index (χ4n) is 4.29. The predicted molar refractivity (Wildman–Crippen MR) is 103 cm³/mol. The molecule has 3 aliphatic rings. The van der Waals surface area contributed by atoms with Gasteiger partial charge in [-0.25, -0.2) is 0 Å². The normalized spacial score (nSPS) is 21.1. The van der Waals surface area contributed by atoms with Crippen LogP contribution < -0.4 is 15.2 Å². The molecule has 144 valence electrons. The van der Waals surface area contributed by atoms with E-state index in [1.807, 2.05) is 41.4 Å². The zero-order valence-corrected chi connectivity index (χ0v) is 15.4. The molecule has 5 rings (SSSR count). The van der Waals surface area contributed by atoms with Gasteiger partial charge in [-0.05, 0) is 31.4 Å². The Kier molecular flexibility index (Phi) is 3.72. The number of ether oxygens (including phenoxy) is 1. The average Bonchev–Trinajstić information content (AvgIpc) is 2.69. The summed E-state index contributed by atoms with van der Waals surface area (Å²) in [7, 11) is 0. The number of hydrogen-bond acceptors (Lipinski definition) is 5. The number of aromatic hydroxyl groups is 1. The SMILES string of the molecule is O=C1c2c(O)c(=O)ccn2N2Cc3ccccc3OC/C=C/C3(CCC3)N1C2. The molecule has 1 aromatic heterocycles. The summed E-state index contributed by atoms with van der Waals surface area (Å²) in [6.45, 7) is 1.27. The average molecular weight is 379 g/mol. The van der Waals surface area contributed by atoms with E-state index in [1.165, 1.54) is 6.07 Å². The van der Waals surface area contributed by atoms with Gasteiger partial charge in [0.15, 0.2) is 11.4 Å². The highest BCUT2D eigenvalue weighted by atomic mass is 16.5. The van der Waals surface area contributed by atoms with Crippen molar-refractivity contribution < 1.29 is 14.6 Å². The molecular weight excluding hydrogens is 358 g/mol. The van der Waals surface area contributed by atoms with Gasteiger partial charge in [0.1, 0.15) is 19.0 Å². The molecule has 1 aliphatic carbocycles. The van der Waals surface area contributed by atoms with E-state index < -0.39 is 16.7 Å². The van der Waals surface area contributed by atoms with Crippen LogP contribution in [-0.4, -0.2) is 39.4 Å². The number of para-hydroxylation sites is 1. The first-order valence-corrected chi connectivity index (χ1v) is 9.49. The van der Waals surface area contributed by atoms with Crippen molar-refractivity contribution in [1.29, 1.82) is 0 Å². The van der Waals surface area contributed by atoms with Crippen molar-refractivity contribution in [3.05, 3.63) is 70.2 Å². The van der Waals surface area contributed by atoms with Crippen LogP contribution in [0.5, 0.6) is 11.5 Å². The van der Waals surface area contributed by atoms with Gasteiger partial charge in [0.25, 0.3) is 5.91 Å². The molecule has 0 saturated heterocycles. The second-order valence-corrected chi connectivity index (χ2v) is 7.54. The summed E-state index contributed by atoms with van der Waals surface area (Å²) in [6.07, 6.45) is 8.31. The van der Waals surface area contributed by atoms with Gasteiger partial charge in [-0.3, -0.25) is 19.3 Å². The number of amides is 1. The lowest BCUT2D eigenvalue weighted by Crippen LogP contribution is -2.63. The summed E-state index contributed by atoms with van der Waals surface area (Å²) in [6, 6.07) is 9.07. The smallest absolute Gasteiger partial charge is 0.278 e. The van der Waals surface area contributed by atoms with Gasteiger partial charge >= 0.3 is 0 Å². The molecule has 3 heterocycles. The van der Waals surface area contributed by atoms with Crippen molar-refractivity contribution >= 4 is 5.91 Å². The molecule has 2 bridgehead atoms. The Labute approximate surface area is 162 Å². The number of rotatable bonds is 0. The van der Waals surface area contributed by atoms with Gasteiger partial charge in [0, 0.05) is 17.8 Å². The number of aromatic nitrogens is 1. The van der Waals surface area contributed by atoms with E-state index in [0.29, 0.717) is 19.8 Å². The van der Waals surface area contributed by atoms with Gasteiger partial charge in [-0.15, -0.1) is 0 Å². The van der Waals surface area contributed by atoms with Crippen LogP contribution >= 0.6 is 0 Å². The highest BCUT2D eigenvalue weighted by Crippen LogP contribution is 2.42. The minimum absolute atomic E-state index is 0.0241. The zero-order chi connectivity index (χ0) is 19.3. The summed E-state index contributed by atoms with van der Waals surface area (Å²) >= 11 is 0. The summed E-state index contributed by atoms with van der Waals surface area (Å²) in [5.41, 5.74) is 0.0429. The fourth-order valence-corrected chi connectivity index (χ4v) is 4.29. The van der Waals surface area contributed by atoms with Gasteiger partial charge in [-0.1, -0.05) is 24.3 Å². The lowest BCUT2D eigenvalue weighted by atomic mass is 9.74. The second kappa shape index (κ2) is 6.15. The monoisotopic (exact) mass is 379 g/mol. The second-order valence-electron chi connectivity index (χ2n) is 7.54. The Hall–Kier alpha value is -3.22. The Balaban J connectivity index is 1.70. The lowest BCUT2D eigenvalue weighted by molar-refractivity contribution is 0.0264. The molecule has 1 N–H and O–H groups in total. The lowest BCUT2D eigenvalue weighted by Gasteiger charge is -2.52. The number of hydrogen-bond donors (Lipinski definition) is 1. The van der Waals surface area contributed by atoms with Crippen molar-refractivity contribution in [2.24, 2.45) is 0 Å². The third kappa shape index (κ3) is 2.42. The van der Waals surface area contributed by atoms with Crippen molar-refractivity contribution in [3.63, 3.8) is 0 Å². The van der Waals surface area contributed by atoms with Crippen LogP contribution in [-0.2, 0) is 6.54 Å². The Morgan fingerprint density at radius 3 is 2.71 bits per heavy atom. The van der Waals surface area contributed by atoms with Gasteiger partial charge in [-0.2, -0.15) is 0 Å². The molecule has 0 unspecified atom stereocenters. The van der Waals surface area contributed by atoms with Crippen LogP contribution in [0, 0.1) is 0 Å². The predicted octanol–water partition coefficient (Wildman–Crippen LogP) is 1.98. The molecule has 1 saturated carbocycles. The molecule has 2 aliphatic heterocycles. The van der Waals surface area contributed by atoms with Crippen molar-refractivity contribution in [2.45, 2.75) is 31.3 Å². The first-order chi connectivity index (χ1) is 13.6. The highest BCUT2D eigenvalue weighted by Gasteiger charge is 2.47. The van der Waals surface area contributed by atoms with Crippen molar-refractivity contribution in [3.8, 4) is 11.5 Å². The number of carbonyl (C=O) groups excluding carboxylic acids is 1. The molecular formula is C21H21N3O4. The van der Waals surface area contributed by atoms with Crippen LogP contribution in [0.3, 0.4) is 0 Å². The Bertz CT molecular complexity index is 1040. The quantitative estimate of drug-likeness (QED) is 0.709. The minimum Gasteiger partial charge on any atom is -0.502 e. The largest absolute Gasteiger partial charge is 0.502 e. The van der Waals surface area contributed by atoms with E-state index >= 15 is 0 Å². The topological polar surface area (TPSA) is 75.0 Å².